The highest BCUT2D eigenvalue weighted by molar-refractivity contribution is 5.97. The van der Waals surface area contributed by atoms with Crippen LogP contribution in [0.25, 0.3) is 0 Å². The van der Waals surface area contributed by atoms with Gasteiger partial charge in [0.2, 0.25) is 0 Å². The summed E-state index contributed by atoms with van der Waals surface area (Å²) in [6, 6.07) is 5.25. The van der Waals surface area contributed by atoms with E-state index in [9.17, 15) is 9.90 Å². The average Bonchev–Trinajstić information content (AvgIpc) is 2.70. The zero-order valence-corrected chi connectivity index (χ0v) is 9.29. The van der Waals surface area contributed by atoms with Gasteiger partial charge in [-0.15, -0.1) is 0 Å². The summed E-state index contributed by atoms with van der Waals surface area (Å²) < 4.78 is 0. The second kappa shape index (κ2) is 4.53. The van der Waals surface area contributed by atoms with Gasteiger partial charge in [-0.2, -0.15) is 0 Å². The fourth-order valence-electron chi connectivity index (χ4n) is 1.87. The molecule has 86 valence electrons. The van der Waals surface area contributed by atoms with Crippen LogP contribution in [0, 0.1) is 6.92 Å². The first kappa shape index (κ1) is 11.0. The Hall–Kier alpha value is -1.55. The average molecular weight is 220 g/mol. The fourth-order valence-corrected chi connectivity index (χ4v) is 1.87. The predicted molar refractivity (Wildman–Crippen MR) is 61.6 cm³/mol. The Balaban J connectivity index is 2.08. The first-order valence-corrected chi connectivity index (χ1v) is 5.48. The molecule has 1 unspecified atom stereocenters. The molecule has 0 spiro atoms. The third kappa shape index (κ3) is 2.33. The van der Waals surface area contributed by atoms with Crippen molar-refractivity contribution in [1.29, 1.82) is 0 Å². The van der Waals surface area contributed by atoms with E-state index in [2.05, 4.69) is 10.6 Å². The van der Waals surface area contributed by atoms with Crippen LogP contribution in [0.2, 0.25) is 0 Å². The van der Waals surface area contributed by atoms with Crippen LogP contribution in [0.5, 0.6) is 5.75 Å². The lowest BCUT2D eigenvalue weighted by molar-refractivity contribution is 0.0937. The molecule has 1 aliphatic heterocycles. The van der Waals surface area contributed by atoms with Crippen molar-refractivity contribution in [2.24, 2.45) is 0 Å². The van der Waals surface area contributed by atoms with Crippen molar-refractivity contribution in [2.45, 2.75) is 19.4 Å². The van der Waals surface area contributed by atoms with Gasteiger partial charge in [0.1, 0.15) is 5.75 Å². The molecule has 0 aromatic heterocycles. The van der Waals surface area contributed by atoms with E-state index in [1.54, 1.807) is 12.1 Å². The lowest BCUT2D eigenvalue weighted by Gasteiger charge is -2.12. The van der Waals surface area contributed by atoms with Crippen LogP contribution in [0.3, 0.4) is 0 Å². The first-order chi connectivity index (χ1) is 7.66. The highest BCUT2D eigenvalue weighted by Crippen LogP contribution is 2.18. The van der Waals surface area contributed by atoms with Gasteiger partial charge in [-0.25, -0.2) is 0 Å². The maximum atomic E-state index is 11.8. The molecule has 4 nitrogen and oxygen atoms in total. The Morgan fingerprint density at radius 2 is 2.38 bits per heavy atom. The lowest BCUT2D eigenvalue weighted by atomic mass is 10.1. The number of amides is 1. The monoisotopic (exact) mass is 220 g/mol. The topological polar surface area (TPSA) is 61.4 Å². The van der Waals surface area contributed by atoms with Crippen molar-refractivity contribution in [3.05, 3.63) is 29.3 Å². The van der Waals surface area contributed by atoms with E-state index in [1.165, 1.54) is 0 Å². The van der Waals surface area contributed by atoms with Crippen LogP contribution in [0.1, 0.15) is 22.3 Å². The molecule has 4 heteroatoms. The van der Waals surface area contributed by atoms with E-state index >= 15 is 0 Å². The number of phenolic OH excluding ortho intramolecular Hbond substituents is 1. The Kier molecular flexibility index (Phi) is 3.10. The highest BCUT2D eigenvalue weighted by Gasteiger charge is 2.19. The van der Waals surface area contributed by atoms with E-state index in [-0.39, 0.29) is 17.7 Å². The number of carbonyl (C=O) groups is 1. The summed E-state index contributed by atoms with van der Waals surface area (Å²) in [7, 11) is 0. The molecule has 1 atom stereocenters. The summed E-state index contributed by atoms with van der Waals surface area (Å²) in [6.45, 7) is 3.62. The highest BCUT2D eigenvalue weighted by atomic mass is 16.3. The van der Waals surface area contributed by atoms with Crippen LogP contribution in [-0.2, 0) is 0 Å². The molecule has 1 fully saturated rings. The standard InChI is InChI=1S/C12H16N2O2/c1-8-2-3-10(11(15)6-8)12(16)14-9-4-5-13-7-9/h2-3,6,9,13,15H,4-5,7H2,1H3,(H,14,16). The van der Waals surface area contributed by atoms with Crippen molar-refractivity contribution < 1.29 is 9.90 Å². The van der Waals surface area contributed by atoms with Crippen molar-refractivity contribution in [2.75, 3.05) is 13.1 Å². The Bertz CT molecular complexity index is 398. The molecule has 1 saturated heterocycles. The van der Waals surface area contributed by atoms with Crippen LogP contribution in [0.4, 0.5) is 0 Å². The van der Waals surface area contributed by atoms with Crippen LogP contribution in [0.15, 0.2) is 18.2 Å². The van der Waals surface area contributed by atoms with E-state index < -0.39 is 0 Å². The molecule has 3 N–H and O–H groups in total. The van der Waals surface area contributed by atoms with Gasteiger partial charge < -0.3 is 15.7 Å². The third-order valence-corrected chi connectivity index (χ3v) is 2.79. The van der Waals surface area contributed by atoms with Gasteiger partial charge in [0.25, 0.3) is 5.91 Å². The van der Waals surface area contributed by atoms with E-state index in [4.69, 9.17) is 0 Å². The summed E-state index contributed by atoms with van der Waals surface area (Å²) in [4.78, 5) is 11.8. The summed E-state index contributed by atoms with van der Waals surface area (Å²) in [5, 5.41) is 15.7. The summed E-state index contributed by atoms with van der Waals surface area (Å²) in [5.74, 6) is -0.158. The molecule has 0 aliphatic carbocycles. The second-order valence-electron chi connectivity index (χ2n) is 4.18. The third-order valence-electron chi connectivity index (χ3n) is 2.79. The molecular weight excluding hydrogens is 204 g/mol. The van der Waals surface area contributed by atoms with E-state index in [0.717, 1.165) is 25.1 Å². The number of hydrogen-bond donors (Lipinski definition) is 3. The maximum absolute atomic E-state index is 11.8. The molecule has 1 aromatic rings. The van der Waals surface area contributed by atoms with Crippen LogP contribution < -0.4 is 10.6 Å². The van der Waals surface area contributed by atoms with Crippen molar-refractivity contribution in [3.8, 4) is 5.75 Å². The van der Waals surface area contributed by atoms with E-state index in [1.807, 2.05) is 13.0 Å². The molecule has 1 amide bonds. The van der Waals surface area contributed by atoms with Crippen molar-refractivity contribution >= 4 is 5.91 Å². The molecule has 1 heterocycles. The summed E-state index contributed by atoms with van der Waals surface area (Å²) in [5.41, 5.74) is 1.29. The molecular formula is C12H16N2O2. The summed E-state index contributed by atoms with van der Waals surface area (Å²) in [6.07, 6.45) is 0.943. The number of phenols is 1. The smallest absolute Gasteiger partial charge is 0.255 e. The summed E-state index contributed by atoms with van der Waals surface area (Å²) >= 11 is 0. The quantitative estimate of drug-likeness (QED) is 0.690. The van der Waals surface area contributed by atoms with Gasteiger partial charge >= 0.3 is 0 Å². The zero-order valence-electron chi connectivity index (χ0n) is 9.29. The fraction of sp³-hybridized carbons (Fsp3) is 0.417. The normalized spacial score (nSPS) is 19.7. The van der Waals surface area contributed by atoms with Crippen molar-refractivity contribution in [3.63, 3.8) is 0 Å². The SMILES string of the molecule is Cc1ccc(C(=O)NC2CCNC2)c(O)c1. The lowest BCUT2D eigenvalue weighted by Crippen LogP contribution is -2.36. The van der Waals surface area contributed by atoms with Crippen molar-refractivity contribution in [1.82, 2.24) is 10.6 Å². The van der Waals surface area contributed by atoms with Crippen LogP contribution in [-0.4, -0.2) is 30.1 Å². The number of benzene rings is 1. The number of aryl methyl sites for hydroxylation is 1. The molecule has 1 aliphatic rings. The zero-order chi connectivity index (χ0) is 11.5. The number of carbonyl (C=O) groups excluding carboxylic acids is 1. The van der Waals surface area contributed by atoms with Gasteiger partial charge in [0.15, 0.2) is 0 Å². The molecule has 0 radical (unpaired) electrons. The minimum atomic E-state index is -0.203. The second-order valence-corrected chi connectivity index (χ2v) is 4.18. The number of nitrogens with one attached hydrogen (secondary N) is 2. The van der Waals surface area contributed by atoms with Gasteiger partial charge in [0, 0.05) is 12.6 Å². The molecule has 0 saturated carbocycles. The molecule has 1 aromatic carbocycles. The Morgan fingerprint density at radius 1 is 1.56 bits per heavy atom. The van der Waals surface area contributed by atoms with Gasteiger partial charge in [-0.1, -0.05) is 6.07 Å². The number of hydrogen-bond acceptors (Lipinski definition) is 3. The maximum Gasteiger partial charge on any atom is 0.255 e. The predicted octanol–water partition coefficient (Wildman–Crippen LogP) is 0.792. The molecule has 2 rings (SSSR count). The van der Waals surface area contributed by atoms with Gasteiger partial charge in [0.05, 0.1) is 5.56 Å². The number of rotatable bonds is 2. The Labute approximate surface area is 94.7 Å². The van der Waals surface area contributed by atoms with Crippen LogP contribution >= 0.6 is 0 Å². The largest absolute Gasteiger partial charge is 0.507 e. The van der Waals surface area contributed by atoms with E-state index in [0.29, 0.717) is 5.56 Å². The van der Waals surface area contributed by atoms with Gasteiger partial charge in [-0.3, -0.25) is 4.79 Å². The minimum absolute atomic E-state index is 0.0449. The molecule has 16 heavy (non-hydrogen) atoms. The molecule has 0 bridgehead atoms. The Morgan fingerprint density at radius 3 is 3.00 bits per heavy atom. The number of aromatic hydroxyl groups is 1. The first-order valence-electron chi connectivity index (χ1n) is 5.48. The van der Waals surface area contributed by atoms with Gasteiger partial charge in [-0.05, 0) is 37.6 Å². The minimum Gasteiger partial charge on any atom is -0.507 e.